The van der Waals surface area contributed by atoms with Crippen molar-refractivity contribution in [2.24, 2.45) is 5.73 Å². The SMILES string of the molecule is Cl.Cl.N=C(N)c1ccc2[nH]c(Cc3ccccn3)nc2c1. The predicted octanol–water partition coefficient (Wildman–Crippen LogP) is 2.68. The maximum atomic E-state index is 7.43. The van der Waals surface area contributed by atoms with Crippen molar-refractivity contribution in [2.45, 2.75) is 6.42 Å². The first-order valence-electron chi connectivity index (χ1n) is 5.95. The van der Waals surface area contributed by atoms with Crippen molar-refractivity contribution in [3.8, 4) is 0 Å². The zero-order valence-electron chi connectivity index (χ0n) is 11.0. The monoisotopic (exact) mass is 323 g/mol. The zero-order valence-corrected chi connectivity index (χ0v) is 12.7. The van der Waals surface area contributed by atoms with E-state index in [0.29, 0.717) is 12.0 Å². The molecule has 110 valence electrons. The van der Waals surface area contributed by atoms with Crippen molar-refractivity contribution in [2.75, 3.05) is 0 Å². The number of hydrogen-bond donors (Lipinski definition) is 3. The highest BCUT2D eigenvalue weighted by molar-refractivity contribution is 5.97. The highest BCUT2D eigenvalue weighted by atomic mass is 35.5. The number of halogens is 2. The number of nitrogen functional groups attached to an aromatic ring is 1. The maximum Gasteiger partial charge on any atom is 0.122 e. The molecular formula is C14H15Cl2N5. The van der Waals surface area contributed by atoms with E-state index in [0.717, 1.165) is 22.6 Å². The van der Waals surface area contributed by atoms with Crippen LogP contribution in [0.4, 0.5) is 0 Å². The molecule has 3 rings (SSSR count). The van der Waals surface area contributed by atoms with E-state index >= 15 is 0 Å². The van der Waals surface area contributed by atoms with Gasteiger partial charge in [0.05, 0.1) is 11.0 Å². The van der Waals surface area contributed by atoms with E-state index in [2.05, 4.69) is 15.0 Å². The van der Waals surface area contributed by atoms with E-state index in [4.69, 9.17) is 11.1 Å². The average molecular weight is 324 g/mol. The van der Waals surface area contributed by atoms with E-state index in [1.807, 2.05) is 36.4 Å². The molecular weight excluding hydrogens is 309 g/mol. The van der Waals surface area contributed by atoms with Gasteiger partial charge in [-0.05, 0) is 30.3 Å². The van der Waals surface area contributed by atoms with E-state index in [-0.39, 0.29) is 30.6 Å². The summed E-state index contributed by atoms with van der Waals surface area (Å²) in [7, 11) is 0. The van der Waals surface area contributed by atoms with Gasteiger partial charge in [0.15, 0.2) is 0 Å². The Morgan fingerprint density at radius 3 is 2.67 bits per heavy atom. The Balaban J connectivity index is 0.00000110. The molecule has 4 N–H and O–H groups in total. The van der Waals surface area contributed by atoms with Gasteiger partial charge in [-0.3, -0.25) is 10.4 Å². The number of amidine groups is 1. The first kappa shape index (κ1) is 16.9. The first-order chi connectivity index (χ1) is 9.22. The van der Waals surface area contributed by atoms with Crippen LogP contribution in [-0.4, -0.2) is 20.8 Å². The fraction of sp³-hybridized carbons (Fsp3) is 0.0714. The largest absolute Gasteiger partial charge is 0.384 e. The molecule has 0 saturated carbocycles. The molecule has 2 aromatic heterocycles. The quantitative estimate of drug-likeness (QED) is 0.511. The van der Waals surface area contributed by atoms with E-state index in [1.54, 1.807) is 6.20 Å². The summed E-state index contributed by atoms with van der Waals surface area (Å²) in [5.74, 6) is 0.908. The van der Waals surface area contributed by atoms with Gasteiger partial charge < -0.3 is 10.7 Å². The van der Waals surface area contributed by atoms with Gasteiger partial charge in [0.1, 0.15) is 11.7 Å². The van der Waals surface area contributed by atoms with E-state index in [1.165, 1.54) is 0 Å². The number of aromatic nitrogens is 3. The van der Waals surface area contributed by atoms with Crippen LogP contribution in [0.5, 0.6) is 0 Å². The summed E-state index contributed by atoms with van der Waals surface area (Å²) in [4.78, 5) is 12.0. The summed E-state index contributed by atoms with van der Waals surface area (Å²) < 4.78 is 0. The Bertz CT molecular complexity index is 739. The second-order valence-corrected chi connectivity index (χ2v) is 4.33. The Labute approximate surface area is 134 Å². The van der Waals surface area contributed by atoms with Gasteiger partial charge in [-0.25, -0.2) is 4.98 Å². The topological polar surface area (TPSA) is 91.4 Å². The van der Waals surface area contributed by atoms with Crippen molar-refractivity contribution in [3.05, 3.63) is 59.7 Å². The minimum absolute atomic E-state index is 0. The molecule has 7 heteroatoms. The number of H-pyrrole nitrogens is 1. The summed E-state index contributed by atoms with van der Waals surface area (Å²) in [6, 6.07) is 11.3. The molecule has 0 aliphatic rings. The smallest absolute Gasteiger partial charge is 0.122 e. The van der Waals surface area contributed by atoms with Gasteiger partial charge in [0.25, 0.3) is 0 Å². The fourth-order valence-electron chi connectivity index (χ4n) is 1.98. The number of pyridine rings is 1. The van der Waals surface area contributed by atoms with Crippen LogP contribution in [0.15, 0.2) is 42.6 Å². The Kier molecular flexibility index (Phi) is 5.69. The van der Waals surface area contributed by atoms with Crippen LogP contribution >= 0.6 is 24.8 Å². The Morgan fingerprint density at radius 2 is 2.00 bits per heavy atom. The van der Waals surface area contributed by atoms with Gasteiger partial charge in [0.2, 0.25) is 0 Å². The molecule has 0 fully saturated rings. The minimum Gasteiger partial charge on any atom is -0.384 e. The number of nitrogens with two attached hydrogens (primary N) is 1. The third kappa shape index (κ3) is 3.71. The standard InChI is InChI=1S/C14H13N5.2ClH/c15-14(16)9-4-5-11-12(7-9)19-13(18-11)8-10-3-1-2-6-17-10;;/h1-7H,8H2,(H3,15,16)(H,18,19);2*1H. The molecule has 21 heavy (non-hydrogen) atoms. The average Bonchev–Trinajstić information content (AvgIpc) is 2.80. The predicted molar refractivity (Wildman–Crippen MR) is 88.6 cm³/mol. The molecule has 0 saturated heterocycles. The third-order valence-corrected chi connectivity index (χ3v) is 2.92. The molecule has 0 atom stereocenters. The molecule has 0 aliphatic heterocycles. The van der Waals surface area contributed by atoms with Crippen molar-refractivity contribution in [1.82, 2.24) is 15.0 Å². The third-order valence-electron chi connectivity index (χ3n) is 2.92. The van der Waals surface area contributed by atoms with Gasteiger partial charge >= 0.3 is 0 Å². The van der Waals surface area contributed by atoms with Crippen LogP contribution in [0.3, 0.4) is 0 Å². The molecule has 0 unspecified atom stereocenters. The number of fused-ring (bicyclic) bond motifs is 1. The van der Waals surface area contributed by atoms with Gasteiger partial charge in [0, 0.05) is 23.9 Å². The summed E-state index contributed by atoms with van der Waals surface area (Å²) in [5, 5.41) is 7.43. The van der Waals surface area contributed by atoms with Crippen LogP contribution in [0.25, 0.3) is 11.0 Å². The number of nitrogens with zero attached hydrogens (tertiary/aromatic N) is 2. The lowest BCUT2D eigenvalue weighted by Crippen LogP contribution is -2.10. The van der Waals surface area contributed by atoms with Crippen LogP contribution in [0.2, 0.25) is 0 Å². The molecule has 0 amide bonds. The Hall–Kier alpha value is -2.11. The molecule has 5 nitrogen and oxygen atoms in total. The maximum absolute atomic E-state index is 7.43. The number of imidazole rings is 1. The van der Waals surface area contributed by atoms with Crippen LogP contribution in [-0.2, 0) is 6.42 Å². The molecule has 1 aromatic carbocycles. The number of nitrogens with one attached hydrogen (secondary N) is 2. The van der Waals surface area contributed by atoms with Gasteiger partial charge in [-0.2, -0.15) is 0 Å². The van der Waals surface area contributed by atoms with E-state index < -0.39 is 0 Å². The van der Waals surface area contributed by atoms with Crippen LogP contribution < -0.4 is 5.73 Å². The van der Waals surface area contributed by atoms with Crippen molar-refractivity contribution >= 4 is 41.7 Å². The molecule has 0 bridgehead atoms. The lowest BCUT2D eigenvalue weighted by Gasteiger charge is -1.95. The first-order valence-corrected chi connectivity index (χ1v) is 5.95. The highest BCUT2D eigenvalue weighted by Gasteiger charge is 2.06. The van der Waals surface area contributed by atoms with Gasteiger partial charge in [-0.1, -0.05) is 6.07 Å². The van der Waals surface area contributed by atoms with Crippen molar-refractivity contribution < 1.29 is 0 Å². The van der Waals surface area contributed by atoms with Crippen molar-refractivity contribution in [1.29, 1.82) is 5.41 Å². The lowest BCUT2D eigenvalue weighted by atomic mass is 10.2. The molecule has 0 aliphatic carbocycles. The normalized spacial score (nSPS) is 9.71. The van der Waals surface area contributed by atoms with E-state index in [9.17, 15) is 0 Å². The number of aromatic amines is 1. The second-order valence-electron chi connectivity index (χ2n) is 4.33. The van der Waals surface area contributed by atoms with Crippen LogP contribution in [0, 0.1) is 5.41 Å². The molecule has 3 aromatic rings. The second kappa shape index (κ2) is 7.06. The number of rotatable bonds is 3. The summed E-state index contributed by atoms with van der Waals surface area (Å²) in [5.41, 5.74) is 8.88. The molecule has 0 radical (unpaired) electrons. The number of benzene rings is 1. The summed E-state index contributed by atoms with van der Waals surface area (Å²) >= 11 is 0. The molecule has 0 spiro atoms. The van der Waals surface area contributed by atoms with Crippen LogP contribution in [0.1, 0.15) is 17.1 Å². The highest BCUT2D eigenvalue weighted by Crippen LogP contribution is 2.15. The minimum atomic E-state index is 0. The Morgan fingerprint density at radius 1 is 1.19 bits per heavy atom. The summed E-state index contributed by atoms with van der Waals surface area (Å²) in [6.07, 6.45) is 2.43. The zero-order chi connectivity index (χ0) is 13.2. The summed E-state index contributed by atoms with van der Waals surface area (Å²) in [6.45, 7) is 0. The molecule has 2 heterocycles. The fourth-order valence-corrected chi connectivity index (χ4v) is 1.98. The van der Waals surface area contributed by atoms with Gasteiger partial charge in [-0.15, -0.1) is 24.8 Å². The lowest BCUT2D eigenvalue weighted by molar-refractivity contribution is 0.985. The number of hydrogen-bond acceptors (Lipinski definition) is 3. The van der Waals surface area contributed by atoms with Crippen molar-refractivity contribution in [3.63, 3.8) is 0 Å².